The Morgan fingerprint density at radius 3 is 2.67 bits per heavy atom. The molecular weight excluding hydrogens is 266 g/mol. The number of carboxylic acids is 1. The summed E-state index contributed by atoms with van der Waals surface area (Å²) in [6, 6.07) is 11.2. The predicted molar refractivity (Wildman–Crippen MR) is 80.6 cm³/mol. The van der Waals surface area contributed by atoms with Gasteiger partial charge in [0.2, 0.25) is 0 Å². The van der Waals surface area contributed by atoms with Gasteiger partial charge < -0.3 is 9.84 Å². The fraction of sp³-hybridized carbons (Fsp3) is 0.294. The molecule has 4 heteroatoms. The number of aryl methyl sites for hydroxylation is 1. The second kappa shape index (κ2) is 6.99. The number of carbonyl (C=O) groups is 1. The summed E-state index contributed by atoms with van der Waals surface area (Å²) in [6.07, 6.45) is 3.26. The number of pyridine rings is 1. The molecule has 1 aromatic carbocycles. The molecule has 0 fully saturated rings. The highest BCUT2D eigenvalue weighted by Crippen LogP contribution is 2.15. The van der Waals surface area contributed by atoms with Crippen LogP contribution >= 0.6 is 0 Å². The predicted octanol–water partition coefficient (Wildman–Crippen LogP) is 2.89. The number of carboxylic acid groups (broad SMARTS) is 1. The van der Waals surface area contributed by atoms with Crippen LogP contribution in [0.4, 0.5) is 0 Å². The van der Waals surface area contributed by atoms with Gasteiger partial charge in [-0.2, -0.15) is 0 Å². The van der Waals surface area contributed by atoms with Gasteiger partial charge in [0.1, 0.15) is 0 Å². The van der Waals surface area contributed by atoms with E-state index in [9.17, 15) is 4.79 Å². The number of aromatic nitrogens is 1. The first-order chi connectivity index (χ1) is 10.1. The maximum atomic E-state index is 11.0. The van der Waals surface area contributed by atoms with Crippen molar-refractivity contribution in [2.75, 3.05) is 7.11 Å². The number of hydrogen-bond donors (Lipinski definition) is 1. The van der Waals surface area contributed by atoms with Crippen LogP contribution in [0.1, 0.15) is 27.2 Å². The third-order valence-electron chi connectivity index (χ3n) is 3.48. The van der Waals surface area contributed by atoms with E-state index in [0.29, 0.717) is 5.56 Å². The molecule has 2 rings (SSSR count). The Bertz CT molecular complexity index is 611. The first-order valence-electron chi connectivity index (χ1n) is 6.85. The van der Waals surface area contributed by atoms with E-state index >= 15 is 0 Å². The van der Waals surface area contributed by atoms with E-state index in [4.69, 9.17) is 9.84 Å². The lowest BCUT2D eigenvalue weighted by molar-refractivity contribution is 0.0696. The quantitative estimate of drug-likeness (QED) is 0.886. The lowest BCUT2D eigenvalue weighted by Crippen LogP contribution is -2.18. The molecule has 2 aromatic rings. The van der Waals surface area contributed by atoms with E-state index in [1.807, 2.05) is 37.3 Å². The van der Waals surface area contributed by atoms with Gasteiger partial charge in [0.15, 0.2) is 0 Å². The van der Waals surface area contributed by atoms with Crippen LogP contribution in [0.2, 0.25) is 0 Å². The molecule has 0 aliphatic rings. The Kier molecular flexibility index (Phi) is 5.06. The highest BCUT2D eigenvalue weighted by Gasteiger charge is 2.13. The van der Waals surface area contributed by atoms with E-state index in [1.54, 1.807) is 19.4 Å². The molecule has 1 heterocycles. The minimum Gasteiger partial charge on any atom is -0.478 e. The molecule has 0 aliphatic heterocycles. The van der Waals surface area contributed by atoms with Crippen molar-refractivity contribution in [3.05, 3.63) is 65.0 Å². The zero-order valence-electron chi connectivity index (χ0n) is 12.2. The van der Waals surface area contributed by atoms with Gasteiger partial charge in [-0.05, 0) is 42.7 Å². The van der Waals surface area contributed by atoms with Crippen molar-refractivity contribution in [1.29, 1.82) is 0 Å². The Labute approximate surface area is 124 Å². The average Bonchev–Trinajstić information content (AvgIpc) is 2.47. The molecule has 110 valence electrons. The maximum absolute atomic E-state index is 11.0. The summed E-state index contributed by atoms with van der Waals surface area (Å²) < 4.78 is 5.52. The Balaban J connectivity index is 2.08. The molecule has 1 N–H and O–H groups in total. The summed E-state index contributed by atoms with van der Waals surface area (Å²) in [7, 11) is 1.69. The third kappa shape index (κ3) is 4.13. The van der Waals surface area contributed by atoms with Crippen molar-refractivity contribution in [1.82, 2.24) is 4.98 Å². The van der Waals surface area contributed by atoms with Crippen LogP contribution in [0, 0.1) is 6.92 Å². The monoisotopic (exact) mass is 285 g/mol. The van der Waals surface area contributed by atoms with Gasteiger partial charge in [0.05, 0.1) is 11.7 Å². The van der Waals surface area contributed by atoms with Crippen LogP contribution in [0.15, 0.2) is 42.6 Å². The normalized spacial score (nSPS) is 12.1. The molecule has 0 amide bonds. The van der Waals surface area contributed by atoms with Crippen LogP contribution in [0.25, 0.3) is 0 Å². The molecule has 0 saturated carbocycles. The fourth-order valence-electron chi connectivity index (χ4n) is 2.35. The smallest absolute Gasteiger partial charge is 0.335 e. The first-order valence-corrected chi connectivity index (χ1v) is 6.85. The van der Waals surface area contributed by atoms with Crippen molar-refractivity contribution < 1.29 is 14.6 Å². The van der Waals surface area contributed by atoms with Crippen LogP contribution in [0.5, 0.6) is 0 Å². The SMILES string of the molecule is COC(Cc1ccc(C(=O)O)c(C)c1)Cc1ccccn1. The summed E-state index contributed by atoms with van der Waals surface area (Å²) in [5, 5.41) is 9.05. The second-order valence-electron chi connectivity index (χ2n) is 5.04. The van der Waals surface area contributed by atoms with Crippen molar-refractivity contribution in [3.63, 3.8) is 0 Å². The lowest BCUT2D eigenvalue weighted by atomic mass is 9.99. The number of rotatable bonds is 6. The molecule has 1 unspecified atom stereocenters. The highest BCUT2D eigenvalue weighted by atomic mass is 16.5. The topological polar surface area (TPSA) is 59.4 Å². The standard InChI is InChI=1S/C17H19NO3/c1-12-9-13(6-7-16(12)17(19)20)10-15(21-2)11-14-5-3-4-8-18-14/h3-9,15H,10-11H2,1-2H3,(H,19,20). The number of ether oxygens (including phenoxy) is 1. The number of hydrogen-bond acceptors (Lipinski definition) is 3. The van der Waals surface area contributed by atoms with Gasteiger partial charge >= 0.3 is 5.97 Å². The summed E-state index contributed by atoms with van der Waals surface area (Å²) in [6.45, 7) is 1.81. The molecule has 0 bridgehead atoms. The lowest BCUT2D eigenvalue weighted by Gasteiger charge is -2.15. The Morgan fingerprint density at radius 2 is 2.10 bits per heavy atom. The van der Waals surface area contributed by atoms with Gasteiger partial charge in [-0.15, -0.1) is 0 Å². The number of benzene rings is 1. The van der Waals surface area contributed by atoms with E-state index in [0.717, 1.165) is 29.7 Å². The number of nitrogens with zero attached hydrogens (tertiary/aromatic N) is 1. The average molecular weight is 285 g/mol. The van der Waals surface area contributed by atoms with Gasteiger partial charge in [-0.3, -0.25) is 4.98 Å². The Hall–Kier alpha value is -2.20. The molecule has 1 atom stereocenters. The minimum atomic E-state index is -0.893. The summed E-state index contributed by atoms with van der Waals surface area (Å²) in [5.41, 5.74) is 3.17. The molecule has 0 aliphatic carbocycles. The van der Waals surface area contributed by atoms with E-state index in [2.05, 4.69) is 4.98 Å². The van der Waals surface area contributed by atoms with E-state index < -0.39 is 5.97 Å². The highest BCUT2D eigenvalue weighted by molar-refractivity contribution is 5.89. The van der Waals surface area contributed by atoms with Gasteiger partial charge in [-0.25, -0.2) is 4.79 Å². The largest absolute Gasteiger partial charge is 0.478 e. The second-order valence-corrected chi connectivity index (χ2v) is 5.04. The van der Waals surface area contributed by atoms with E-state index in [1.165, 1.54) is 0 Å². The van der Waals surface area contributed by atoms with Crippen molar-refractivity contribution >= 4 is 5.97 Å². The van der Waals surface area contributed by atoms with E-state index in [-0.39, 0.29) is 6.10 Å². The summed E-state index contributed by atoms with van der Waals surface area (Å²) >= 11 is 0. The Morgan fingerprint density at radius 1 is 1.29 bits per heavy atom. The van der Waals surface area contributed by atoms with Crippen molar-refractivity contribution in [3.8, 4) is 0 Å². The third-order valence-corrected chi connectivity index (χ3v) is 3.48. The fourth-order valence-corrected chi connectivity index (χ4v) is 2.35. The number of methoxy groups -OCH3 is 1. The van der Waals surface area contributed by atoms with Gasteiger partial charge in [0.25, 0.3) is 0 Å². The summed E-state index contributed by atoms with van der Waals surface area (Å²) in [4.78, 5) is 15.3. The van der Waals surface area contributed by atoms with Crippen LogP contribution in [-0.4, -0.2) is 29.3 Å². The van der Waals surface area contributed by atoms with Crippen LogP contribution in [0.3, 0.4) is 0 Å². The van der Waals surface area contributed by atoms with Crippen LogP contribution < -0.4 is 0 Å². The van der Waals surface area contributed by atoms with Gasteiger partial charge in [-0.1, -0.05) is 18.2 Å². The molecule has 21 heavy (non-hydrogen) atoms. The molecule has 1 aromatic heterocycles. The van der Waals surface area contributed by atoms with Crippen LogP contribution in [-0.2, 0) is 17.6 Å². The molecule has 0 saturated heterocycles. The van der Waals surface area contributed by atoms with Crippen molar-refractivity contribution in [2.24, 2.45) is 0 Å². The molecular formula is C17H19NO3. The minimum absolute atomic E-state index is 0.0231. The first kappa shape index (κ1) is 15.2. The zero-order valence-corrected chi connectivity index (χ0v) is 12.2. The molecule has 0 radical (unpaired) electrons. The number of aromatic carboxylic acids is 1. The van der Waals surface area contributed by atoms with Gasteiger partial charge in [0, 0.05) is 25.4 Å². The maximum Gasteiger partial charge on any atom is 0.335 e. The summed E-state index contributed by atoms with van der Waals surface area (Å²) in [5.74, 6) is -0.893. The molecule has 4 nitrogen and oxygen atoms in total. The van der Waals surface area contributed by atoms with Crippen molar-refractivity contribution in [2.45, 2.75) is 25.9 Å². The zero-order chi connectivity index (χ0) is 15.2. The molecule has 0 spiro atoms.